The van der Waals surface area contributed by atoms with Crippen LogP contribution in [0.2, 0.25) is 0 Å². The topological polar surface area (TPSA) is 86.0 Å². The van der Waals surface area contributed by atoms with Gasteiger partial charge in [0.15, 0.2) is 6.10 Å². The first-order valence-corrected chi connectivity index (χ1v) is 8.58. The third-order valence-electron chi connectivity index (χ3n) is 4.15. The standard InChI is InChI=1S/C21H20O6/c1-12(2)14-4-6-15(7-5-14)27-19-11-25-18-10-16(26-13(3)21(23)24)8-9-17(18)20(19)22/h4-13H,1-3H3,(H,23,24). The van der Waals surface area contributed by atoms with Crippen LogP contribution in [0.3, 0.4) is 0 Å². The Balaban J connectivity index is 1.86. The normalized spacial score (nSPS) is 12.1. The lowest BCUT2D eigenvalue weighted by Crippen LogP contribution is -2.22. The third-order valence-corrected chi connectivity index (χ3v) is 4.15. The zero-order valence-electron chi connectivity index (χ0n) is 15.3. The monoisotopic (exact) mass is 368 g/mol. The molecule has 27 heavy (non-hydrogen) atoms. The number of carboxylic acid groups (broad SMARTS) is 1. The lowest BCUT2D eigenvalue weighted by Gasteiger charge is -2.11. The molecule has 140 valence electrons. The molecule has 0 spiro atoms. The van der Waals surface area contributed by atoms with Gasteiger partial charge in [-0.3, -0.25) is 4.79 Å². The lowest BCUT2D eigenvalue weighted by atomic mass is 10.0. The SMILES string of the molecule is CC(Oc1ccc2c(=O)c(Oc3ccc(C(C)C)cc3)coc2c1)C(=O)O. The van der Waals surface area contributed by atoms with Crippen LogP contribution in [0.25, 0.3) is 11.0 Å². The molecule has 0 aliphatic carbocycles. The van der Waals surface area contributed by atoms with Crippen LogP contribution in [0.5, 0.6) is 17.2 Å². The van der Waals surface area contributed by atoms with Gasteiger partial charge in [-0.05, 0) is 42.7 Å². The van der Waals surface area contributed by atoms with Crippen LogP contribution >= 0.6 is 0 Å². The molecule has 2 aromatic carbocycles. The highest BCUT2D eigenvalue weighted by molar-refractivity contribution is 5.79. The second-order valence-electron chi connectivity index (χ2n) is 6.51. The molecule has 1 unspecified atom stereocenters. The summed E-state index contributed by atoms with van der Waals surface area (Å²) in [5.74, 6) is 0.251. The number of hydrogen-bond donors (Lipinski definition) is 1. The number of ether oxygens (including phenoxy) is 2. The molecule has 0 saturated heterocycles. The first-order valence-electron chi connectivity index (χ1n) is 8.58. The molecular formula is C21H20O6. The predicted molar refractivity (Wildman–Crippen MR) is 101 cm³/mol. The van der Waals surface area contributed by atoms with Crippen molar-refractivity contribution in [1.82, 2.24) is 0 Å². The van der Waals surface area contributed by atoms with Gasteiger partial charge in [-0.1, -0.05) is 26.0 Å². The van der Waals surface area contributed by atoms with E-state index in [2.05, 4.69) is 13.8 Å². The second-order valence-corrected chi connectivity index (χ2v) is 6.51. The average Bonchev–Trinajstić information content (AvgIpc) is 2.64. The molecule has 0 radical (unpaired) electrons. The number of benzene rings is 2. The Kier molecular flexibility index (Phi) is 5.16. The maximum Gasteiger partial charge on any atom is 0.344 e. The van der Waals surface area contributed by atoms with Gasteiger partial charge < -0.3 is 19.0 Å². The zero-order valence-corrected chi connectivity index (χ0v) is 15.3. The van der Waals surface area contributed by atoms with E-state index in [0.717, 1.165) is 0 Å². The Hall–Kier alpha value is -3.28. The van der Waals surface area contributed by atoms with E-state index in [9.17, 15) is 9.59 Å². The largest absolute Gasteiger partial charge is 0.479 e. The van der Waals surface area contributed by atoms with Crippen LogP contribution in [0.1, 0.15) is 32.3 Å². The summed E-state index contributed by atoms with van der Waals surface area (Å²) in [7, 11) is 0. The lowest BCUT2D eigenvalue weighted by molar-refractivity contribution is -0.144. The minimum absolute atomic E-state index is 0.0763. The van der Waals surface area contributed by atoms with E-state index in [-0.39, 0.29) is 16.8 Å². The van der Waals surface area contributed by atoms with Crippen molar-refractivity contribution in [2.24, 2.45) is 0 Å². The first kappa shape index (κ1) is 18.5. The Morgan fingerprint density at radius 3 is 2.33 bits per heavy atom. The highest BCUT2D eigenvalue weighted by Gasteiger charge is 2.15. The fourth-order valence-electron chi connectivity index (χ4n) is 2.54. The van der Waals surface area contributed by atoms with Crippen molar-refractivity contribution in [2.45, 2.75) is 32.8 Å². The molecule has 0 amide bonds. The maximum absolute atomic E-state index is 12.6. The van der Waals surface area contributed by atoms with Gasteiger partial charge in [0, 0.05) is 6.07 Å². The van der Waals surface area contributed by atoms with E-state index < -0.39 is 12.1 Å². The molecule has 3 aromatic rings. The van der Waals surface area contributed by atoms with Crippen molar-refractivity contribution < 1.29 is 23.8 Å². The smallest absolute Gasteiger partial charge is 0.344 e. The molecule has 0 bridgehead atoms. The molecule has 1 heterocycles. The molecule has 0 aliphatic rings. The van der Waals surface area contributed by atoms with Crippen molar-refractivity contribution >= 4 is 16.9 Å². The van der Waals surface area contributed by atoms with Crippen molar-refractivity contribution in [3.63, 3.8) is 0 Å². The predicted octanol–water partition coefficient (Wildman–Crippen LogP) is 4.56. The van der Waals surface area contributed by atoms with Crippen LogP contribution in [-0.4, -0.2) is 17.2 Å². The number of carboxylic acids is 1. The maximum atomic E-state index is 12.6. The first-order chi connectivity index (χ1) is 12.8. The van der Waals surface area contributed by atoms with Crippen LogP contribution in [-0.2, 0) is 4.79 Å². The summed E-state index contributed by atoms with van der Waals surface area (Å²) in [6, 6.07) is 12.1. The second kappa shape index (κ2) is 7.53. The molecule has 1 atom stereocenters. The fourth-order valence-corrected chi connectivity index (χ4v) is 2.54. The van der Waals surface area contributed by atoms with E-state index in [1.165, 1.54) is 36.9 Å². The van der Waals surface area contributed by atoms with E-state index in [1.54, 1.807) is 0 Å². The van der Waals surface area contributed by atoms with Gasteiger partial charge in [0.2, 0.25) is 11.2 Å². The minimum Gasteiger partial charge on any atom is -0.479 e. The van der Waals surface area contributed by atoms with Gasteiger partial charge >= 0.3 is 5.97 Å². The summed E-state index contributed by atoms with van der Waals surface area (Å²) < 4.78 is 16.4. The minimum atomic E-state index is -1.08. The van der Waals surface area contributed by atoms with Crippen molar-refractivity contribution in [2.75, 3.05) is 0 Å². The summed E-state index contributed by atoms with van der Waals surface area (Å²) in [5.41, 5.74) is 1.15. The number of aliphatic carboxylic acids is 1. The van der Waals surface area contributed by atoms with Crippen molar-refractivity contribution in [3.8, 4) is 17.2 Å². The molecule has 0 saturated carbocycles. The molecular weight excluding hydrogens is 348 g/mol. The molecule has 0 fully saturated rings. The van der Waals surface area contributed by atoms with E-state index in [4.69, 9.17) is 19.0 Å². The highest BCUT2D eigenvalue weighted by Crippen LogP contribution is 2.25. The van der Waals surface area contributed by atoms with Gasteiger partial charge in [0.25, 0.3) is 0 Å². The Morgan fingerprint density at radius 2 is 1.70 bits per heavy atom. The summed E-state index contributed by atoms with van der Waals surface area (Å²) in [4.78, 5) is 23.5. The Bertz CT molecular complexity index is 1020. The molecule has 1 N–H and O–H groups in total. The zero-order chi connectivity index (χ0) is 19.6. The van der Waals surface area contributed by atoms with Crippen LogP contribution < -0.4 is 14.9 Å². The molecule has 3 rings (SSSR count). The van der Waals surface area contributed by atoms with E-state index in [0.29, 0.717) is 22.8 Å². The van der Waals surface area contributed by atoms with Gasteiger partial charge in [-0.2, -0.15) is 0 Å². The Morgan fingerprint density at radius 1 is 1.04 bits per heavy atom. The fraction of sp³-hybridized carbons (Fsp3) is 0.238. The van der Waals surface area contributed by atoms with E-state index >= 15 is 0 Å². The molecule has 0 aliphatic heterocycles. The summed E-state index contributed by atoms with van der Waals surface area (Å²) in [6.07, 6.45) is 0.233. The van der Waals surface area contributed by atoms with Gasteiger partial charge in [0.1, 0.15) is 23.3 Å². The van der Waals surface area contributed by atoms with Crippen molar-refractivity contribution in [1.29, 1.82) is 0 Å². The highest BCUT2D eigenvalue weighted by atomic mass is 16.5. The number of hydrogen-bond acceptors (Lipinski definition) is 5. The summed E-state index contributed by atoms with van der Waals surface area (Å²) in [5, 5.41) is 9.23. The molecule has 1 aromatic heterocycles. The van der Waals surface area contributed by atoms with Crippen molar-refractivity contribution in [3.05, 3.63) is 64.5 Å². The van der Waals surface area contributed by atoms with E-state index in [1.807, 2.05) is 24.3 Å². The summed E-state index contributed by atoms with van der Waals surface area (Å²) in [6.45, 7) is 5.62. The number of carbonyl (C=O) groups is 1. The number of rotatable bonds is 6. The van der Waals surface area contributed by atoms with Crippen LogP contribution in [0, 0.1) is 0 Å². The Labute approximate surface area is 156 Å². The van der Waals surface area contributed by atoms with Gasteiger partial charge in [-0.15, -0.1) is 0 Å². The van der Waals surface area contributed by atoms with Crippen LogP contribution in [0.15, 0.2) is 57.9 Å². The van der Waals surface area contributed by atoms with Gasteiger partial charge in [-0.25, -0.2) is 4.79 Å². The third kappa shape index (κ3) is 4.11. The molecule has 6 nitrogen and oxygen atoms in total. The summed E-state index contributed by atoms with van der Waals surface area (Å²) >= 11 is 0. The quantitative estimate of drug-likeness (QED) is 0.686. The number of fused-ring (bicyclic) bond motifs is 1. The average molecular weight is 368 g/mol. The molecule has 6 heteroatoms. The van der Waals surface area contributed by atoms with Gasteiger partial charge in [0.05, 0.1) is 5.39 Å². The van der Waals surface area contributed by atoms with Crippen LogP contribution in [0.4, 0.5) is 0 Å².